The van der Waals surface area contributed by atoms with Crippen LogP contribution in [0.5, 0.6) is 0 Å². The first kappa shape index (κ1) is 53.0. The van der Waals surface area contributed by atoms with Crippen LogP contribution in [-0.4, -0.2) is 0 Å². The van der Waals surface area contributed by atoms with Crippen LogP contribution in [-0.2, 0) is 0 Å². The minimum atomic E-state index is 1.09. The Morgan fingerprint density at radius 3 is 0.375 bits per heavy atom. The first-order chi connectivity index (χ1) is 43.7. The molecule has 0 saturated heterocycles. The van der Waals surface area contributed by atoms with Gasteiger partial charge in [0.1, 0.15) is 0 Å². The van der Waals surface area contributed by atoms with E-state index in [1.165, 1.54) is 44.5 Å². The van der Waals surface area contributed by atoms with E-state index >= 15 is 0 Å². The maximum Gasteiger partial charge on any atom is 0.0462 e. The van der Waals surface area contributed by atoms with Gasteiger partial charge in [-0.1, -0.05) is 194 Å². The van der Waals surface area contributed by atoms with E-state index in [0.717, 1.165) is 90.5 Å². The predicted octanol–water partition coefficient (Wildman–Crippen LogP) is 23.9. The van der Waals surface area contributed by atoms with Crippen LogP contribution in [0.1, 0.15) is 0 Å². The second kappa shape index (κ2) is 23.7. The maximum absolute atomic E-state index is 2.45. The Hall–Kier alpha value is -11.7. The Kier molecular flexibility index (Phi) is 14.3. The highest BCUT2D eigenvalue weighted by Gasteiger charge is 2.29. The maximum atomic E-state index is 2.45. The lowest BCUT2D eigenvalue weighted by Crippen LogP contribution is -2.10. The van der Waals surface area contributed by atoms with E-state index in [1.807, 2.05) is 0 Å². The number of hydrogen-bond donors (Lipinski definition) is 0. The molecule has 15 rings (SSSR count). The third kappa shape index (κ3) is 10.4. The predicted molar refractivity (Wildman–Crippen MR) is 371 cm³/mol. The molecule has 0 atom stereocenters. The summed E-state index contributed by atoms with van der Waals surface area (Å²) < 4.78 is 0. The summed E-state index contributed by atoms with van der Waals surface area (Å²) in [6.45, 7) is 0. The van der Waals surface area contributed by atoms with E-state index in [-0.39, 0.29) is 0 Å². The van der Waals surface area contributed by atoms with Crippen molar-refractivity contribution < 1.29 is 0 Å². The summed E-state index contributed by atoms with van der Waals surface area (Å²) in [7, 11) is 0. The van der Waals surface area contributed by atoms with E-state index in [4.69, 9.17) is 0 Å². The quantitative estimate of drug-likeness (QED) is 0.0956. The fraction of sp³-hybridized carbons (Fsp3) is 0. The molecule has 14 aromatic rings. The van der Waals surface area contributed by atoms with E-state index in [1.54, 1.807) is 0 Å². The molecule has 0 fully saturated rings. The zero-order valence-corrected chi connectivity index (χ0v) is 48.4. The highest BCUT2D eigenvalue weighted by Crippen LogP contribution is 2.55. The van der Waals surface area contributed by atoms with Crippen LogP contribution < -0.4 is 19.6 Å². The van der Waals surface area contributed by atoms with Gasteiger partial charge in [-0.15, -0.1) is 0 Å². The smallest absolute Gasteiger partial charge is 0.0462 e. The number of para-hydroxylation sites is 8. The second-order valence-electron chi connectivity index (χ2n) is 22.1. The molecule has 14 aromatic carbocycles. The molecular weight excluding hydrogens is 1060 g/mol. The molecule has 0 saturated carbocycles. The highest BCUT2D eigenvalue weighted by atomic mass is 15.2. The lowest BCUT2D eigenvalue weighted by molar-refractivity contribution is 1.28. The summed E-state index contributed by atoms with van der Waals surface area (Å²) in [5.41, 5.74) is 27.4. The van der Waals surface area contributed by atoms with Crippen LogP contribution in [0.25, 0.3) is 66.8 Å². The normalized spacial score (nSPS) is 11.2. The van der Waals surface area contributed by atoms with Crippen molar-refractivity contribution in [1.82, 2.24) is 0 Å². The summed E-state index contributed by atoms with van der Waals surface area (Å²) in [4.78, 5) is 9.30. The third-order valence-corrected chi connectivity index (χ3v) is 16.8. The number of rotatable bonds is 16. The van der Waals surface area contributed by atoms with Gasteiger partial charge in [0.15, 0.2) is 0 Å². The first-order valence-electron chi connectivity index (χ1n) is 30.1. The number of hydrogen-bond acceptors (Lipinski definition) is 4. The van der Waals surface area contributed by atoms with Crippen LogP contribution in [0, 0.1) is 0 Å². The molecule has 1 aliphatic carbocycles. The minimum Gasteiger partial charge on any atom is -0.311 e. The molecule has 0 radical (unpaired) electrons. The van der Waals surface area contributed by atoms with Crippen LogP contribution >= 0.6 is 0 Å². The number of nitrogens with zero attached hydrogens (tertiary/aromatic N) is 4. The van der Waals surface area contributed by atoms with Crippen molar-refractivity contribution in [3.8, 4) is 66.8 Å². The molecule has 416 valence electrons. The Morgan fingerprint density at radius 2 is 0.239 bits per heavy atom. The molecule has 0 N–H and O–H groups in total. The lowest BCUT2D eigenvalue weighted by atomic mass is 9.74. The van der Waals surface area contributed by atoms with Gasteiger partial charge in [-0.3, -0.25) is 0 Å². The summed E-state index contributed by atoms with van der Waals surface area (Å²) in [6.07, 6.45) is 0. The largest absolute Gasteiger partial charge is 0.311 e. The molecular formula is C84H60N4. The van der Waals surface area contributed by atoms with Crippen molar-refractivity contribution in [2.24, 2.45) is 0 Å². The zero-order chi connectivity index (χ0) is 58.6. The average Bonchev–Trinajstić information content (AvgIpc) is 0.777. The highest BCUT2D eigenvalue weighted by molar-refractivity contribution is 6.10. The van der Waals surface area contributed by atoms with E-state index < -0.39 is 0 Å². The molecule has 0 aliphatic heterocycles. The number of anilines is 12. The van der Waals surface area contributed by atoms with Gasteiger partial charge in [-0.2, -0.15) is 0 Å². The fourth-order valence-corrected chi connectivity index (χ4v) is 12.5. The van der Waals surface area contributed by atoms with Gasteiger partial charge in [0.25, 0.3) is 0 Å². The van der Waals surface area contributed by atoms with Crippen molar-refractivity contribution in [3.63, 3.8) is 0 Å². The molecule has 0 amide bonds. The van der Waals surface area contributed by atoms with Gasteiger partial charge in [-0.25, -0.2) is 0 Å². The second-order valence-corrected chi connectivity index (χ2v) is 22.1. The molecule has 0 aromatic heterocycles. The van der Waals surface area contributed by atoms with E-state index in [9.17, 15) is 0 Å². The lowest BCUT2D eigenvalue weighted by Gasteiger charge is -2.30. The van der Waals surface area contributed by atoms with Gasteiger partial charge in [0.05, 0.1) is 0 Å². The number of fused-ring (bicyclic) bond motifs is 4. The molecule has 0 heterocycles. The van der Waals surface area contributed by atoms with Crippen LogP contribution in [0.2, 0.25) is 0 Å². The van der Waals surface area contributed by atoms with E-state index in [0.29, 0.717) is 0 Å². The Morgan fingerprint density at radius 1 is 0.114 bits per heavy atom. The van der Waals surface area contributed by atoms with Crippen LogP contribution in [0.3, 0.4) is 0 Å². The summed E-state index contributed by atoms with van der Waals surface area (Å²) >= 11 is 0. The van der Waals surface area contributed by atoms with Crippen molar-refractivity contribution in [3.05, 3.63) is 364 Å². The summed E-state index contributed by atoms with van der Waals surface area (Å²) in [5.74, 6) is 0. The topological polar surface area (TPSA) is 13.0 Å². The van der Waals surface area contributed by atoms with Crippen molar-refractivity contribution in [1.29, 1.82) is 0 Å². The number of benzene rings is 14. The minimum absolute atomic E-state index is 1.09. The summed E-state index contributed by atoms with van der Waals surface area (Å²) in [5, 5.41) is 0. The van der Waals surface area contributed by atoms with Gasteiger partial charge < -0.3 is 19.6 Å². The standard InChI is InChI=1S/C84H60N4/c1-9-25-65(26-10-1)85(66-27-11-2-12-28-66)73-49-41-61(42-50-73)77-57-81-82(58-78(77)62-43-51-74(52-44-62)86(67-29-13-3-14-30-67)68-31-15-4-16-32-68)84-60-80(64-47-55-76(56-48-64)88(71-37-21-7-22-38-71)72-39-23-8-24-40-72)79(59-83(81)84)63-45-53-75(54-46-63)87(69-33-17-5-18-34-69)70-35-19-6-20-36-70/h1-60H. The SMILES string of the molecule is c1ccc(N(c2ccccc2)c2ccc(-c3cc4c(cc3-c3ccc(N(c5ccccc5)c5ccccc5)cc3)-c3cc(-c5ccc(N(c6ccccc6)c6ccccc6)cc5)c(-c5ccc(N(c6ccccc6)c6ccccc6)cc5)cc3-4)cc2)cc1. The Bertz CT molecular complexity index is 3870. The van der Waals surface area contributed by atoms with E-state index in [2.05, 4.69) is 384 Å². The van der Waals surface area contributed by atoms with Gasteiger partial charge >= 0.3 is 0 Å². The molecule has 4 nitrogen and oxygen atoms in total. The van der Waals surface area contributed by atoms with Gasteiger partial charge in [0.2, 0.25) is 0 Å². The zero-order valence-electron chi connectivity index (χ0n) is 48.4. The fourth-order valence-electron chi connectivity index (χ4n) is 12.5. The molecule has 0 spiro atoms. The monoisotopic (exact) mass is 1120 g/mol. The first-order valence-corrected chi connectivity index (χ1v) is 30.1. The van der Waals surface area contributed by atoms with Crippen molar-refractivity contribution >= 4 is 68.2 Å². The Labute approximate surface area is 515 Å². The summed E-state index contributed by atoms with van der Waals surface area (Å²) in [6, 6.07) is 131. The van der Waals surface area contributed by atoms with Crippen molar-refractivity contribution in [2.45, 2.75) is 0 Å². The van der Waals surface area contributed by atoms with Crippen molar-refractivity contribution in [2.75, 3.05) is 19.6 Å². The average molecular weight is 1130 g/mol. The molecule has 88 heavy (non-hydrogen) atoms. The molecule has 0 bridgehead atoms. The van der Waals surface area contributed by atoms with Gasteiger partial charge in [-0.05, 0) is 237 Å². The molecule has 4 heteroatoms. The van der Waals surface area contributed by atoms with Crippen LogP contribution in [0.15, 0.2) is 364 Å². The third-order valence-electron chi connectivity index (χ3n) is 16.8. The molecule has 1 aliphatic rings. The van der Waals surface area contributed by atoms with Gasteiger partial charge in [0, 0.05) is 68.2 Å². The van der Waals surface area contributed by atoms with Crippen LogP contribution in [0.4, 0.5) is 68.2 Å². The Balaban J connectivity index is 0.877. The molecule has 0 unspecified atom stereocenters.